The first kappa shape index (κ1) is 24.8. The molecule has 2 N–H and O–H groups in total. The zero-order valence-electron chi connectivity index (χ0n) is 22.4. The number of nitrogen functional groups attached to an aromatic ring is 1. The van der Waals surface area contributed by atoms with Gasteiger partial charge in [0.05, 0.1) is 17.6 Å². The van der Waals surface area contributed by atoms with Gasteiger partial charge in [-0.3, -0.25) is 14.7 Å². The molecule has 0 saturated heterocycles. The monoisotopic (exact) mass is 496 g/mol. The molecule has 37 heavy (non-hydrogen) atoms. The Morgan fingerprint density at radius 3 is 2.43 bits per heavy atom. The fourth-order valence-electron chi connectivity index (χ4n) is 5.48. The van der Waals surface area contributed by atoms with Crippen LogP contribution in [0.5, 0.6) is 0 Å². The molecule has 0 bridgehead atoms. The lowest BCUT2D eigenvalue weighted by atomic mass is 9.97. The summed E-state index contributed by atoms with van der Waals surface area (Å²) in [6.45, 7) is 5.02. The second-order valence-corrected chi connectivity index (χ2v) is 10.3. The third-order valence-electron chi connectivity index (χ3n) is 7.65. The molecular weight excluding hydrogens is 460 g/mol. The second kappa shape index (κ2) is 9.90. The van der Waals surface area contributed by atoms with E-state index in [0.29, 0.717) is 5.69 Å². The summed E-state index contributed by atoms with van der Waals surface area (Å²) >= 11 is 0. The number of likely N-dealkylation sites (N-methyl/N-ethyl adjacent to an activating group) is 1. The van der Waals surface area contributed by atoms with Crippen LogP contribution < -0.4 is 10.6 Å². The third-order valence-corrected chi connectivity index (χ3v) is 7.65. The van der Waals surface area contributed by atoms with E-state index in [0.717, 1.165) is 37.3 Å². The number of carbonyl (C=O) groups excluding carboxylic acids is 1. The van der Waals surface area contributed by atoms with Gasteiger partial charge in [0.2, 0.25) is 0 Å². The highest BCUT2D eigenvalue weighted by Crippen LogP contribution is 2.39. The largest absolute Gasteiger partial charge is 0.397 e. The Bertz CT molecular complexity index is 1360. The molecule has 2 aliphatic heterocycles. The first-order valence-electron chi connectivity index (χ1n) is 12.8. The summed E-state index contributed by atoms with van der Waals surface area (Å²) in [5, 5.41) is 0. The van der Waals surface area contributed by atoms with Crippen molar-refractivity contribution in [3.8, 4) is 0 Å². The van der Waals surface area contributed by atoms with Gasteiger partial charge in [-0.05, 0) is 54.8 Å². The zero-order valence-corrected chi connectivity index (χ0v) is 22.4. The van der Waals surface area contributed by atoms with Crippen molar-refractivity contribution >= 4 is 28.6 Å². The summed E-state index contributed by atoms with van der Waals surface area (Å²) in [6, 6.07) is 14.5. The molecule has 0 aliphatic carbocycles. The van der Waals surface area contributed by atoms with Gasteiger partial charge in [0.1, 0.15) is 5.82 Å². The summed E-state index contributed by atoms with van der Waals surface area (Å²) < 4.78 is 2.34. The molecule has 2 aromatic heterocycles. The Morgan fingerprint density at radius 1 is 1.05 bits per heavy atom. The van der Waals surface area contributed by atoms with Crippen molar-refractivity contribution in [2.75, 3.05) is 51.4 Å². The van der Waals surface area contributed by atoms with E-state index in [4.69, 9.17) is 5.73 Å². The minimum Gasteiger partial charge on any atom is -0.397 e. The number of nitrogens with two attached hydrogens (primary N) is 1. The minimum atomic E-state index is 0.0326. The van der Waals surface area contributed by atoms with E-state index in [9.17, 15) is 4.79 Å². The molecule has 1 aromatic carbocycles. The predicted octanol–water partition coefficient (Wildman–Crippen LogP) is 4.44. The molecule has 0 spiro atoms. The highest BCUT2D eigenvalue weighted by atomic mass is 16.2. The number of hydrogen-bond acceptors (Lipinski definition) is 5. The van der Waals surface area contributed by atoms with Crippen LogP contribution in [0.15, 0.2) is 60.8 Å². The number of pyridine rings is 1. The molecule has 192 valence electrons. The SMILES string of the molecule is CC(c1cc2c(n1C)N(C)CC=C2c1ccc(N)cn1)N1CC=C(c2ccc(C(=O)N(C)C)cc2)CC1. The lowest BCUT2D eigenvalue weighted by Gasteiger charge is -2.33. The molecule has 0 fully saturated rings. The fraction of sp³-hybridized carbons (Fsp3) is 0.333. The molecular formula is C30H36N6O. The average molecular weight is 497 g/mol. The Hall–Kier alpha value is -3.84. The van der Waals surface area contributed by atoms with Crippen LogP contribution in [-0.4, -0.2) is 66.0 Å². The number of benzene rings is 1. The maximum atomic E-state index is 12.2. The lowest BCUT2D eigenvalue weighted by molar-refractivity contribution is 0.0827. The highest BCUT2D eigenvalue weighted by molar-refractivity contribution is 5.94. The maximum absolute atomic E-state index is 12.2. The maximum Gasteiger partial charge on any atom is 0.253 e. The molecule has 7 heteroatoms. The van der Waals surface area contributed by atoms with Gasteiger partial charge in [0, 0.05) is 76.3 Å². The Morgan fingerprint density at radius 2 is 1.81 bits per heavy atom. The van der Waals surface area contributed by atoms with Gasteiger partial charge < -0.3 is 20.1 Å². The number of fused-ring (bicyclic) bond motifs is 1. The van der Waals surface area contributed by atoms with E-state index in [1.807, 2.05) is 24.3 Å². The minimum absolute atomic E-state index is 0.0326. The topological polar surface area (TPSA) is 70.6 Å². The molecule has 0 saturated carbocycles. The van der Waals surface area contributed by atoms with E-state index in [2.05, 4.69) is 70.7 Å². The number of nitrogens with zero attached hydrogens (tertiary/aromatic N) is 5. The van der Waals surface area contributed by atoms with Gasteiger partial charge in [-0.15, -0.1) is 0 Å². The summed E-state index contributed by atoms with van der Waals surface area (Å²) in [5.41, 5.74) is 14.5. The molecule has 7 nitrogen and oxygen atoms in total. The van der Waals surface area contributed by atoms with Crippen LogP contribution in [0.25, 0.3) is 11.1 Å². The molecule has 2 aliphatic rings. The number of amides is 1. The highest BCUT2D eigenvalue weighted by Gasteiger charge is 2.28. The van der Waals surface area contributed by atoms with Crippen molar-refractivity contribution in [3.05, 3.63) is 88.9 Å². The number of carbonyl (C=O) groups is 1. The van der Waals surface area contributed by atoms with Gasteiger partial charge in [-0.25, -0.2) is 0 Å². The summed E-state index contributed by atoms with van der Waals surface area (Å²) in [7, 11) is 7.87. The molecule has 0 radical (unpaired) electrons. The van der Waals surface area contributed by atoms with E-state index >= 15 is 0 Å². The van der Waals surface area contributed by atoms with Crippen LogP contribution in [0.4, 0.5) is 11.5 Å². The number of aromatic nitrogens is 2. The number of rotatable bonds is 5. The first-order valence-corrected chi connectivity index (χ1v) is 12.8. The van der Waals surface area contributed by atoms with Gasteiger partial charge in [0.15, 0.2) is 0 Å². The van der Waals surface area contributed by atoms with E-state index in [1.54, 1.807) is 25.2 Å². The quantitative estimate of drug-likeness (QED) is 0.566. The van der Waals surface area contributed by atoms with E-state index in [-0.39, 0.29) is 11.9 Å². The standard InChI is InChI=1S/C30H36N6O/c1-20(36-16-12-22(13-17-36)21-6-8-23(9-7-21)30(37)33(2)3)28-18-26-25(27-11-10-24(31)19-32-27)14-15-34(4)29(26)35(28)5/h6-12,14,18-20H,13,15-17,31H2,1-5H3. The van der Waals surface area contributed by atoms with Crippen LogP contribution in [0.2, 0.25) is 0 Å². The van der Waals surface area contributed by atoms with Gasteiger partial charge in [0.25, 0.3) is 5.91 Å². The fourth-order valence-corrected chi connectivity index (χ4v) is 5.48. The van der Waals surface area contributed by atoms with Crippen molar-refractivity contribution in [3.63, 3.8) is 0 Å². The van der Waals surface area contributed by atoms with Crippen LogP contribution in [0, 0.1) is 0 Å². The van der Waals surface area contributed by atoms with E-state index < -0.39 is 0 Å². The molecule has 5 rings (SSSR count). The van der Waals surface area contributed by atoms with E-state index in [1.165, 1.54) is 33.8 Å². The molecule has 1 atom stereocenters. The van der Waals surface area contributed by atoms with Gasteiger partial charge >= 0.3 is 0 Å². The van der Waals surface area contributed by atoms with Gasteiger partial charge in [-0.1, -0.05) is 24.3 Å². The van der Waals surface area contributed by atoms with Crippen molar-refractivity contribution in [2.45, 2.75) is 19.4 Å². The predicted molar refractivity (Wildman–Crippen MR) is 151 cm³/mol. The molecule has 3 aromatic rings. The van der Waals surface area contributed by atoms with Crippen LogP contribution in [0.3, 0.4) is 0 Å². The summed E-state index contributed by atoms with van der Waals surface area (Å²) in [4.78, 5) is 23.2. The Labute approximate surface area is 219 Å². The zero-order chi connectivity index (χ0) is 26.3. The average Bonchev–Trinajstić information content (AvgIpc) is 3.26. The van der Waals surface area contributed by atoms with Crippen molar-refractivity contribution in [2.24, 2.45) is 7.05 Å². The number of anilines is 2. The van der Waals surface area contributed by atoms with Crippen LogP contribution in [-0.2, 0) is 7.05 Å². The van der Waals surface area contributed by atoms with Crippen LogP contribution in [0.1, 0.15) is 52.3 Å². The summed E-state index contributed by atoms with van der Waals surface area (Å²) in [5.74, 6) is 1.25. The Balaban J connectivity index is 1.35. The summed E-state index contributed by atoms with van der Waals surface area (Å²) in [6.07, 6.45) is 7.30. The van der Waals surface area contributed by atoms with Crippen molar-refractivity contribution < 1.29 is 4.79 Å². The normalized spacial score (nSPS) is 16.6. The molecule has 1 amide bonds. The van der Waals surface area contributed by atoms with Gasteiger partial charge in [-0.2, -0.15) is 0 Å². The lowest BCUT2D eigenvalue weighted by Crippen LogP contribution is -2.32. The number of hydrogen-bond donors (Lipinski definition) is 1. The second-order valence-electron chi connectivity index (χ2n) is 10.3. The first-order chi connectivity index (χ1) is 17.7. The van der Waals surface area contributed by atoms with Crippen molar-refractivity contribution in [1.29, 1.82) is 0 Å². The smallest absolute Gasteiger partial charge is 0.253 e. The van der Waals surface area contributed by atoms with Crippen molar-refractivity contribution in [1.82, 2.24) is 19.4 Å². The molecule has 1 unspecified atom stereocenters. The third kappa shape index (κ3) is 4.67. The Kier molecular flexibility index (Phi) is 6.65. The molecule has 4 heterocycles. The van der Waals surface area contributed by atoms with Crippen LogP contribution >= 0.6 is 0 Å².